The molecule has 180 valence electrons. The van der Waals surface area contributed by atoms with Crippen LogP contribution in [0.3, 0.4) is 0 Å². The first kappa shape index (κ1) is 25.5. The highest BCUT2D eigenvalue weighted by Gasteiger charge is 2.15. The van der Waals surface area contributed by atoms with Gasteiger partial charge in [0.2, 0.25) is 0 Å². The molecule has 1 heterocycles. The molecule has 4 nitrogen and oxygen atoms in total. The van der Waals surface area contributed by atoms with Gasteiger partial charge in [-0.3, -0.25) is 5.41 Å². The van der Waals surface area contributed by atoms with E-state index in [0.29, 0.717) is 18.1 Å². The Labute approximate surface area is 205 Å². The monoisotopic (exact) mass is 457 g/mol. The van der Waals surface area contributed by atoms with Crippen molar-refractivity contribution in [3.63, 3.8) is 0 Å². The maximum absolute atomic E-state index is 8.94. The summed E-state index contributed by atoms with van der Waals surface area (Å²) in [4.78, 5) is 4.54. The largest absolute Gasteiger partial charge is 0.488 e. The van der Waals surface area contributed by atoms with Crippen molar-refractivity contribution in [1.29, 1.82) is 5.41 Å². The van der Waals surface area contributed by atoms with Gasteiger partial charge in [0.05, 0.1) is 5.71 Å². The van der Waals surface area contributed by atoms with Crippen LogP contribution in [-0.4, -0.2) is 17.2 Å². The summed E-state index contributed by atoms with van der Waals surface area (Å²) in [5.74, 6) is 1.48. The molecule has 0 saturated carbocycles. The first-order chi connectivity index (χ1) is 16.7. The van der Waals surface area contributed by atoms with Crippen LogP contribution in [0.1, 0.15) is 80.5 Å². The Morgan fingerprint density at radius 2 is 1.50 bits per heavy atom. The molecule has 4 heteroatoms. The van der Waals surface area contributed by atoms with E-state index in [-0.39, 0.29) is 0 Å². The zero-order valence-electron chi connectivity index (χ0n) is 20.8. The predicted molar refractivity (Wildman–Crippen MR) is 143 cm³/mol. The number of nitrogens with one attached hydrogen (secondary N) is 2. The van der Waals surface area contributed by atoms with Crippen molar-refractivity contribution in [2.24, 2.45) is 0 Å². The van der Waals surface area contributed by atoms with Crippen LogP contribution >= 0.6 is 0 Å². The number of unbranched alkanes of at least 4 members (excludes halogenated alkanes) is 7. The van der Waals surface area contributed by atoms with Gasteiger partial charge in [0.1, 0.15) is 18.2 Å². The third-order valence-corrected chi connectivity index (χ3v) is 6.20. The molecule has 0 radical (unpaired) electrons. The molecule has 3 aromatic rings. The standard InChI is InChI=1S/C30H39N3O/c1-3-4-5-6-7-8-9-14-21-32-30-27(19-15-22-33-30)29(31)26-18-12-13-20-28(26)34-23-25-17-11-10-16-24(25)2/h10-13,15-20,22,31H,3-9,14,21,23H2,1-2H3,(H,32,33). The van der Waals surface area contributed by atoms with Gasteiger partial charge in [-0.05, 0) is 48.7 Å². The van der Waals surface area contributed by atoms with Crippen molar-refractivity contribution < 1.29 is 4.74 Å². The minimum Gasteiger partial charge on any atom is -0.488 e. The van der Waals surface area contributed by atoms with E-state index in [1.807, 2.05) is 48.5 Å². The maximum Gasteiger partial charge on any atom is 0.135 e. The van der Waals surface area contributed by atoms with Crippen molar-refractivity contribution in [1.82, 2.24) is 4.98 Å². The number of rotatable bonds is 15. The molecule has 0 spiro atoms. The second kappa shape index (κ2) is 14.2. The van der Waals surface area contributed by atoms with Gasteiger partial charge >= 0.3 is 0 Å². The van der Waals surface area contributed by atoms with Crippen LogP contribution in [0.25, 0.3) is 0 Å². The molecule has 0 bridgehead atoms. The number of anilines is 1. The van der Waals surface area contributed by atoms with Crippen LogP contribution < -0.4 is 10.1 Å². The summed E-state index contributed by atoms with van der Waals surface area (Å²) in [6.07, 6.45) is 12.1. The highest BCUT2D eigenvalue weighted by atomic mass is 16.5. The third kappa shape index (κ3) is 7.72. The van der Waals surface area contributed by atoms with E-state index >= 15 is 0 Å². The molecule has 34 heavy (non-hydrogen) atoms. The normalized spacial score (nSPS) is 10.8. The molecule has 0 aliphatic heterocycles. The Balaban J connectivity index is 1.58. The summed E-state index contributed by atoms with van der Waals surface area (Å²) >= 11 is 0. The first-order valence-corrected chi connectivity index (χ1v) is 12.7. The van der Waals surface area contributed by atoms with Crippen LogP contribution in [0.15, 0.2) is 66.9 Å². The first-order valence-electron chi connectivity index (χ1n) is 12.7. The highest BCUT2D eigenvalue weighted by molar-refractivity contribution is 6.15. The van der Waals surface area contributed by atoms with Gasteiger partial charge in [-0.1, -0.05) is 88.3 Å². The summed E-state index contributed by atoms with van der Waals surface area (Å²) in [5.41, 5.74) is 4.35. The van der Waals surface area contributed by atoms with Gasteiger partial charge in [0, 0.05) is 23.9 Å². The van der Waals surface area contributed by atoms with E-state index in [4.69, 9.17) is 10.1 Å². The van der Waals surface area contributed by atoms with E-state index in [1.54, 1.807) is 6.20 Å². The molecular formula is C30H39N3O. The quantitative estimate of drug-likeness (QED) is 0.180. The lowest BCUT2D eigenvalue weighted by Gasteiger charge is -2.16. The molecule has 2 aromatic carbocycles. The number of aryl methyl sites for hydroxylation is 1. The van der Waals surface area contributed by atoms with Gasteiger partial charge in [0.15, 0.2) is 0 Å². The van der Waals surface area contributed by atoms with Gasteiger partial charge in [0.25, 0.3) is 0 Å². The lowest BCUT2D eigenvalue weighted by atomic mass is 10.0. The SMILES string of the molecule is CCCCCCCCCCNc1ncccc1C(=N)c1ccccc1OCc1ccccc1C. The van der Waals surface area contributed by atoms with Crippen LogP contribution in [0.4, 0.5) is 5.82 Å². The van der Waals surface area contributed by atoms with E-state index in [9.17, 15) is 0 Å². The number of para-hydroxylation sites is 1. The smallest absolute Gasteiger partial charge is 0.135 e. The number of benzene rings is 2. The summed E-state index contributed by atoms with van der Waals surface area (Å²) in [6, 6.07) is 19.9. The Bertz CT molecular complexity index is 1030. The van der Waals surface area contributed by atoms with E-state index in [2.05, 4.69) is 36.3 Å². The molecule has 2 N–H and O–H groups in total. The molecule has 0 aliphatic rings. The zero-order chi connectivity index (χ0) is 24.0. The summed E-state index contributed by atoms with van der Waals surface area (Å²) in [6.45, 7) is 5.70. The second-order valence-corrected chi connectivity index (χ2v) is 8.89. The number of pyridine rings is 1. The average molecular weight is 458 g/mol. The number of hydrogen-bond donors (Lipinski definition) is 2. The molecule has 0 amide bonds. The van der Waals surface area contributed by atoms with Gasteiger partial charge < -0.3 is 10.1 Å². The summed E-state index contributed by atoms with van der Waals surface area (Å²) < 4.78 is 6.17. The van der Waals surface area contributed by atoms with Gasteiger partial charge in [-0.15, -0.1) is 0 Å². The molecule has 0 saturated heterocycles. The molecule has 0 atom stereocenters. The van der Waals surface area contributed by atoms with Crippen molar-refractivity contribution >= 4 is 11.5 Å². The second-order valence-electron chi connectivity index (χ2n) is 8.89. The van der Waals surface area contributed by atoms with Crippen LogP contribution in [0.2, 0.25) is 0 Å². The fraction of sp³-hybridized carbons (Fsp3) is 0.400. The lowest BCUT2D eigenvalue weighted by molar-refractivity contribution is 0.305. The summed E-state index contributed by atoms with van der Waals surface area (Å²) in [5, 5.41) is 12.4. The lowest BCUT2D eigenvalue weighted by Crippen LogP contribution is -2.12. The predicted octanol–water partition coefficient (Wildman–Crippen LogP) is 7.94. The van der Waals surface area contributed by atoms with Crippen molar-refractivity contribution in [2.45, 2.75) is 71.8 Å². The van der Waals surface area contributed by atoms with Gasteiger partial charge in [-0.2, -0.15) is 0 Å². The minimum absolute atomic E-state index is 0.423. The number of aromatic nitrogens is 1. The fourth-order valence-corrected chi connectivity index (χ4v) is 4.09. The van der Waals surface area contributed by atoms with Crippen molar-refractivity contribution in [3.8, 4) is 5.75 Å². The van der Waals surface area contributed by atoms with E-state index in [1.165, 1.54) is 50.5 Å². The number of hydrogen-bond acceptors (Lipinski definition) is 4. The molecule has 0 unspecified atom stereocenters. The zero-order valence-corrected chi connectivity index (χ0v) is 20.8. The van der Waals surface area contributed by atoms with Crippen LogP contribution in [-0.2, 0) is 6.61 Å². The van der Waals surface area contributed by atoms with Crippen LogP contribution in [0, 0.1) is 12.3 Å². The molecule has 0 fully saturated rings. The molecule has 0 aliphatic carbocycles. The number of nitrogens with zero attached hydrogens (tertiary/aromatic N) is 1. The Morgan fingerprint density at radius 3 is 2.29 bits per heavy atom. The van der Waals surface area contributed by atoms with E-state index in [0.717, 1.165) is 35.5 Å². The van der Waals surface area contributed by atoms with E-state index < -0.39 is 0 Å². The number of ether oxygens (including phenoxy) is 1. The molecule has 1 aromatic heterocycles. The topological polar surface area (TPSA) is 58.0 Å². The van der Waals surface area contributed by atoms with Crippen molar-refractivity contribution in [3.05, 3.63) is 89.1 Å². The fourth-order valence-electron chi connectivity index (χ4n) is 4.09. The Hall–Kier alpha value is -3.14. The van der Waals surface area contributed by atoms with Gasteiger partial charge in [-0.25, -0.2) is 4.98 Å². The highest BCUT2D eigenvalue weighted by Crippen LogP contribution is 2.25. The average Bonchev–Trinajstić information content (AvgIpc) is 2.87. The summed E-state index contributed by atoms with van der Waals surface area (Å²) in [7, 11) is 0. The molecule has 3 rings (SSSR count). The Morgan fingerprint density at radius 1 is 0.824 bits per heavy atom. The Kier molecular flexibility index (Phi) is 10.6. The minimum atomic E-state index is 0.423. The molecular weight excluding hydrogens is 418 g/mol. The maximum atomic E-state index is 8.94. The van der Waals surface area contributed by atoms with Crippen molar-refractivity contribution in [2.75, 3.05) is 11.9 Å². The van der Waals surface area contributed by atoms with Crippen LogP contribution in [0.5, 0.6) is 5.75 Å². The third-order valence-electron chi connectivity index (χ3n) is 6.20.